The minimum atomic E-state index is -0.140. The van der Waals surface area contributed by atoms with Crippen molar-refractivity contribution in [1.82, 2.24) is 24.1 Å². The van der Waals surface area contributed by atoms with E-state index in [1.165, 1.54) is 17.3 Å². The van der Waals surface area contributed by atoms with Crippen molar-refractivity contribution in [2.45, 2.75) is 25.0 Å². The summed E-state index contributed by atoms with van der Waals surface area (Å²) in [4.78, 5) is 29.2. The molecule has 8 heteroatoms. The average molecular weight is 444 g/mol. The second-order valence-electron chi connectivity index (χ2n) is 7.45. The first kappa shape index (κ1) is 20.3. The monoisotopic (exact) mass is 443 g/mol. The fourth-order valence-electron chi connectivity index (χ4n) is 4.07. The van der Waals surface area contributed by atoms with Gasteiger partial charge in [0.2, 0.25) is 5.78 Å². The van der Waals surface area contributed by atoms with Crippen molar-refractivity contribution >= 4 is 45.1 Å². The zero-order valence-electron chi connectivity index (χ0n) is 17.5. The van der Waals surface area contributed by atoms with Gasteiger partial charge < -0.3 is 4.98 Å². The number of para-hydroxylation sites is 2. The molecule has 0 fully saturated rings. The highest BCUT2D eigenvalue weighted by Gasteiger charge is 2.19. The minimum absolute atomic E-state index is 0.00923. The third-order valence-corrected chi connectivity index (χ3v) is 6.53. The molecule has 0 saturated carbocycles. The van der Waals surface area contributed by atoms with Crippen LogP contribution in [0.3, 0.4) is 0 Å². The van der Waals surface area contributed by atoms with Crippen molar-refractivity contribution in [2.24, 2.45) is 0 Å². The number of aromatic nitrogens is 5. The van der Waals surface area contributed by atoms with E-state index in [1.54, 1.807) is 22.9 Å². The Morgan fingerprint density at radius 2 is 1.97 bits per heavy atom. The molecule has 0 atom stereocenters. The summed E-state index contributed by atoms with van der Waals surface area (Å²) >= 11 is 1.31. The molecule has 5 aromatic rings. The number of rotatable bonds is 7. The number of fused-ring (bicyclic) bond motifs is 4. The van der Waals surface area contributed by atoms with Gasteiger partial charge in [0.25, 0.3) is 5.56 Å². The second-order valence-corrected chi connectivity index (χ2v) is 8.39. The molecular formula is C24H21N5O2S. The lowest BCUT2D eigenvalue weighted by Gasteiger charge is -2.09. The molecule has 0 bridgehead atoms. The molecule has 0 aliphatic heterocycles. The lowest BCUT2D eigenvalue weighted by Crippen LogP contribution is -2.22. The van der Waals surface area contributed by atoms with Crippen molar-refractivity contribution in [3.8, 4) is 0 Å². The Morgan fingerprint density at radius 3 is 2.78 bits per heavy atom. The van der Waals surface area contributed by atoms with E-state index in [-0.39, 0.29) is 17.1 Å². The molecule has 0 unspecified atom stereocenters. The van der Waals surface area contributed by atoms with Crippen LogP contribution in [0.5, 0.6) is 0 Å². The summed E-state index contributed by atoms with van der Waals surface area (Å²) < 4.78 is 3.38. The summed E-state index contributed by atoms with van der Waals surface area (Å²) in [5.41, 5.74) is 3.44. The smallest absolute Gasteiger partial charge is 0.263 e. The number of allylic oxidation sites excluding steroid dienone is 1. The van der Waals surface area contributed by atoms with Crippen LogP contribution >= 0.6 is 11.8 Å². The molecule has 5 rings (SSSR count). The first-order valence-electron chi connectivity index (χ1n) is 10.4. The third kappa shape index (κ3) is 3.15. The number of aryl methyl sites for hydroxylation is 1. The topological polar surface area (TPSA) is 85.0 Å². The molecule has 0 radical (unpaired) electrons. The van der Waals surface area contributed by atoms with Gasteiger partial charge in [-0.05, 0) is 24.1 Å². The molecule has 3 heterocycles. The third-order valence-electron chi connectivity index (χ3n) is 5.61. The normalized spacial score (nSPS) is 11.5. The Labute approximate surface area is 187 Å². The Balaban J connectivity index is 1.54. The standard InChI is InChI=1S/C24H21N5O2S/c1-3-12-28-22(31)17-9-5-6-11-19(17)29-23(28)26-27-24(29)32-14-20(30)18-13-25-21-15(4-2)8-7-10-16(18)21/h3,5-11,13,25H,1,4,12,14H2,2H3. The maximum atomic E-state index is 13.1. The first-order chi connectivity index (χ1) is 15.6. The van der Waals surface area contributed by atoms with Gasteiger partial charge >= 0.3 is 0 Å². The quantitative estimate of drug-likeness (QED) is 0.231. The van der Waals surface area contributed by atoms with Crippen molar-refractivity contribution in [3.05, 3.63) is 82.8 Å². The number of ketones is 1. The van der Waals surface area contributed by atoms with Crippen molar-refractivity contribution in [3.63, 3.8) is 0 Å². The van der Waals surface area contributed by atoms with Gasteiger partial charge in [0.1, 0.15) is 0 Å². The second kappa shape index (κ2) is 8.12. The molecule has 160 valence electrons. The predicted molar refractivity (Wildman–Crippen MR) is 128 cm³/mol. The van der Waals surface area contributed by atoms with Crippen LogP contribution in [0.25, 0.3) is 27.6 Å². The lowest BCUT2D eigenvalue weighted by molar-refractivity contribution is 0.102. The summed E-state index contributed by atoms with van der Waals surface area (Å²) in [6, 6.07) is 13.4. The van der Waals surface area contributed by atoms with Crippen LogP contribution in [-0.2, 0) is 13.0 Å². The van der Waals surface area contributed by atoms with Crippen LogP contribution in [0, 0.1) is 0 Å². The van der Waals surface area contributed by atoms with Crippen LogP contribution in [0.1, 0.15) is 22.8 Å². The van der Waals surface area contributed by atoms with Gasteiger partial charge in [0, 0.05) is 29.2 Å². The van der Waals surface area contributed by atoms with Gasteiger partial charge in [-0.25, -0.2) is 0 Å². The van der Waals surface area contributed by atoms with Gasteiger partial charge in [-0.15, -0.1) is 16.8 Å². The molecule has 32 heavy (non-hydrogen) atoms. The predicted octanol–water partition coefficient (Wildman–Crippen LogP) is 4.25. The highest BCUT2D eigenvalue weighted by Crippen LogP contribution is 2.26. The number of thioether (sulfide) groups is 1. The van der Waals surface area contributed by atoms with Crippen molar-refractivity contribution in [1.29, 1.82) is 0 Å². The van der Waals surface area contributed by atoms with Crippen molar-refractivity contribution < 1.29 is 4.79 Å². The van der Waals surface area contributed by atoms with Gasteiger partial charge in [-0.1, -0.05) is 55.1 Å². The van der Waals surface area contributed by atoms with Gasteiger partial charge in [-0.2, -0.15) is 0 Å². The Kier molecular flexibility index (Phi) is 5.14. The minimum Gasteiger partial charge on any atom is -0.360 e. The fourth-order valence-corrected chi connectivity index (χ4v) is 4.89. The number of aromatic amines is 1. The number of hydrogen-bond acceptors (Lipinski definition) is 5. The van der Waals surface area contributed by atoms with E-state index in [9.17, 15) is 9.59 Å². The van der Waals surface area contributed by atoms with Crippen LogP contribution in [-0.4, -0.2) is 35.7 Å². The number of carbonyl (C=O) groups excluding carboxylic acids is 1. The highest BCUT2D eigenvalue weighted by molar-refractivity contribution is 7.99. The molecule has 0 saturated heterocycles. The van der Waals surface area contributed by atoms with E-state index in [1.807, 2.05) is 34.7 Å². The van der Waals surface area contributed by atoms with Gasteiger partial charge in [0.15, 0.2) is 10.9 Å². The van der Waals surface area contributed by atoms with Crippen LogP contribution in [0.4, 0.5) is 0 Å². The number of Topliss-reactive ketones (excluding diaryl/α,β-unsaturated/α-hetero) is 1. The van der Waals surface area contributed by atoms with E-state index in [2.05, 4.69) is 34.8 Å². The van der Waals surface area contributed by atoms with Gasteiger partial charge in [-0.3, -0.25) is 18.6 Å². The number of benzene rings is 2. The van der Waals surface area contributed by atoms with Crippen LogP contribution in [0.2, 0.25) is 0 Å². The molecule has 0 aliphatic rings. The molecule has 1 N–H and O–H groups in total. The van der Waals surface area contributed by atoms with E-state index in [0.717, 1.165) is 17.3 Å². The first-order valence-corrected chi connectivity index (χ1v) is 11.3. The number of hydrogen-bond donors (Lipinski definition) is 1. The molecule has 7 nitrogen and oxygen atoms in total. The highest BCUT2D eigenvalue weighted by atomic mass is 32.2. The molecule has 0 spiro atoms. The molecular weight excluding hydrogens is 422 g/mol. The van der Waals surface area contributed by atoms with Crippen LogP contribution in [0.15, 0.2) is 71.3 Å². The van der Waals surface area contributed by atoms with Crippen LogP contribution < -0.4 is 5.56 Å². The maximum absolute atomic E-state index is 13.1. The van der Waals surface area contributed by atoms with Gasteiger partial charge in [0.05, 0.1) is 16.7 Å². The zero-order chi connectivity index (χ0) is 22.2. The molecule has 0 amide bonds. The maximum Gasteiger partial charge on any atom is 0.263 e. The number of nitrogens with zero attached hydrogens (tertiary/aromatic N) is 4. The zero-order valence-corrected chi connectivity index (χ0v) is 18.4. The number of H-pyrrole nitrogens is 1. The van der Waals surface area contributed by atoms with E-state index >= 15 is 0 Å². The Morgan fingerprint density at radius 1 is 1.16 bits per heavy atom. The SMILES string of the molecule is C=CCn1c(=O)c2ccccc2n2c(SCC(=O)c3c[nH]c4c(CC)cccc34)nnc12. The Hall–Kier alpha value is -3.65. The summed E-state index contributed by atoms with van der Waals surface area (Å²) in [6.07, 6.45) is 4.33. The summed E-state index contributed by atoms with van der Waals surface area (Å²) in [5.74, 6) is 0.650. The largest absolute Gasteiger partial charge is 0.360 e. The summed E-state index contributed by atoms with van der Waals surface area (Å²) in [6.45, 7) is 6.17. The average Bonchev–Trinajstić information content (AvgIpc) is 3.45. The van der Waals surface area contributed by atoms with E-state index in [0.29, 0.717) is 33.9 Å². The molecule has 0 aliphatic carbocycles. The van der Waals surface area contributed by atoms with E-state index in [4.69, 9.17) is 0 Å². The van der Waals surface area contributed by atoms with Crippen molar-refractivity contribution in [2.75, 3.05) is 5.75 Å². The summed E-state index contributed by atoms with van der Waals surface area (Å²) in [5, 5.41) is 10.6. The number of carbonyl (C=O) groups is 1. The molecule has 3 aromatic heterocycles. The lowest BCUT2D eigenvalue weighted by atomic mass is 10.1. The van der Waals surface area contributed by atoms with E-state index < -0.39 is 0 Å². The summed E-state index contributed by atoms with van der Waals surface area (Å²) in [7, 11) is 0. The molecule has 2 aromatic carbocycles. The Bertz CT molecular complexity index is 1560. The fraction of sp³-hybridized carbons (Fsp3) is 0.167. The number of nitrogens with one attached hydrogen (secondary N) is 1.